The van der Waals surface area contributed by atoms with Gasteiger partial charge in [-0.2, -0.15) is 0 Å². The van der Waals surface area contributed by atoms with E-state index in [1.165, 1.54) is 20.3 Å². The molecule has 1 aliphatic heterocycles. The Morgan fingerprint density at radius 2 is 1.27 bits per heavy atom. The minimum Gasteiger partial charge on any atom is -0.497 e. The summed E-state index contributed by atoms with van der Waals surface area (Å²) >= 11 is 0. The van der Waals surface area contributed by atoms with Crippen LogP contribution in [0, 0.1) is 11.8 Å². The molecule has 0 aromatic heterocycles. The van der Waals surface area contributed by atoms with Crippen molar-refractivity contribution >= 4 is 35.1 Å². The first-order chi connectivity index (χ1) is 21.4. The van der Waals surface area contributed by atoms with E-state index in [0.29, 0.717) is 17.2 Å². The minimum absolute atomic E-state index is 0.0186. The number of amides is 3. The minimum atomic E-state index is -0.831. The summed E-state index contributed by atoms with van der Waals surface area (Å²) in [5, 5.41) is 2.66. The molecule has 220 valence electrons. The Balaban J connectivity index is 1.15. The first-order valence-corrected chi connectivity index (χ1v) is 14.3. The van der Waals surface area contributed by atoms with Crippen LogP contribution in [-0.4, -0.2) is 44.5 Å². The fraction of sp³-hybridized carbons (Fsp3) is 0.200. The molecule has 9 heteroatoms. The van der Waals surface area contributed by atoms with Crippen molar-refractivity contribution in [2.75, 3.05) is 31.0 Å². The number of nitrogens with one attached hydrogen (secondary N) is 1. The Morgan fingerprint density at radius 1 is 0.727 bits per heavy atom. The fourth-order valence-corrected chi connectivity index (χ4v) is 7.05. The Hall–Kier alpha value is -5.44. The molecule has 0 radical (unpaired) electrons. The highest BCUT2D eigenvalue weighted by molar-refractivity contribution is 6.25. The molecule has 1 N–H and O–H groups in total. The van der Waals surface area contributed by atoms with Crippen LogP contribution in [0.15, 0.2) is 91.0 Å². The summed E-state index contributed by atoms with van der Waals surface area (Å²) in [7, 11) is 2.98. The number of ether oxygens (including phenoxy) is 3. The van der Waals surface area contributed by atoms with Crippen LogP contribution in [-0.2, 0) is 19.1 Å². The van der Waals surface area contributed by atoms with Gasteiger partial charge in [0, 0.05) is 17.9 Å². The number of rotatable bonds is 7. The van der Waals surface area contributed by atoms with Crippen molar-refractivity contribution < 1.29 is 33.4 Å². The third-order valence-electron chi connectivity index (χ3n) is 8.83. The molecule has 2 bridgehead atoms. The summed E-state index contributed by atoms with van der Waals surface area (Å²) in [5.41, 5.74) is 4.79. The molecule has 3 amide bonds. The van der Waals surface area contributed by atoms with Crippen molar-refractivity contribution in [1.82, 2.24) is 0 Å². The van der Waals surface area contributed by atoms with Crippen LogP contribution >= 0.6 is 0 Å². The first kappa shape index (κ1) is 27.4. The van der Waals surface area contributed by atoms with Gasteiger partial charge in [0.15, 0.2) is 6.61 Å². The van der Waals surface area contributed by atoms with Crippen LogP contribution in [0.5, 0.6) is 11.5 Å². The Kier molecular flexibility index (Phi) is 6.65. The molecule has 8 rings (SSSR count). The summed E-state index contributed by atoms with van der Waals surface area (Å²) in [6, 6.07) is 27.2. The van der Waals surface area contributed by atoms with Gasteiger partial charge in [-0.3, -0.25) is 14.4 Å². The summed E-state index contributed by atoms with van der Waals surface area (Å²) in [4.78, 5) is 55.5. The van der Waals surface area contributed by atoms with E-state index < -0.39 is 30.3 Å². The SMILES string of the molecule is COc1ccc(NC(=O)COC(=O)c2ccccc2N2C(=O)[C@H]3C4c5ccccc5C(c5ccccc54)[C@@H]3C2=O)c(OC)c1. The van der Waals surface area contributed by atoms with Crippen LogP contribution in [0.25, 0.3) is 0 Å². The van der Waals surface area contributed by atoms with Crippen molar-refractivity contribution in [3.05, 3.63) is 119 Å². The zero-order chi connectivity index (χ0) is 30.5. The summed E-state index contributed by atoms with van der Waals surface area (Å²) < 4.78 is 15.8. The third-order valence-corrected chi connectivity index (χ3v) is 8.83. The number of imide groups is 1. The van der Waals surface area contributed by atoms with E-state index in [1.54, 1.807) is 36.4 Å². The summed E-state index contributed by atoms with van der Waals surface area (Å²) in [6.45, 7) is -0.593. The second-order valence-corrected chi connectivity index (χ2v) is 11.0. The predicted molar refractivity (Wildman–Crippen MR) is 161 cm³/mol. The zero-order valence-corrected chi connectivity index (χ0v) is 24.0. The normalized spacial score (nSPS) is 20.8. The number of esters is 1. The maximum absolute atomic E-state index is 14.2. The van der Waals surface area contributed by atoms with Crippen molar-refractivity contribution in [3.8, 4) is 11.5 Å². The van der Waals surface area contributed by atoms with Gasteiger partial charge in [-0.1, -0.05) is 60.7 Å². The highest BCUT2D eigenvalue weighted by Crippen LogP contribution is 2.61. The Labute approximate surface area is 253 Å². The lowest BCUT2D eigenvalue weighted by Crippen LogP contribution is -2.41. The van der Waals surface area contributed by atoms with Gasteiger partial charge in [0.05, 0.1) is 43.0 Å². The molecule has 4 aromatic carbocycles. The number of hydrogen-bond acceptors (Lipinski definition) is 7. The maximum Gasteiger partial charge on any atom is 0.340 e. The van der Waals surface area contributed by atoms with Crippen molar-refractivity contribution in [1.29, 1.82) is 0 Å². The average molecular weight is 589 g/mol. The Morgan fingerprint density at radius 3 is 1.82 bits per heavy atom. The van der Waals surface area contributed by atoms with Crippen molar-refractivity contribution in [3.63, 3.8) is 0 Å². The number of carbonyl (C=O) groups is 4. The second kappa shape index (κ2) is 10.7. The van der Waals surface area contributed by atoms with E-state index >= 15 is 0 Å². The van der Waals surface area contributed by atoms with E-state index in [1.807, 2.05) is 48.5 Å². The molecule has 0 spiro atoms. The molecule has 0 unspecified atom stereocenters. The van der Waals surface area contributed by atoms with E-state index in [9.17, 15) is 19.2 Å². The lowest BCUT2D eigenvalue weighted by atomic mass is 9.55. The number of para-hydroxylation sites is 1. The van der Waals surface area contributed by atoms with Gasteiger partial charge in [-0.25, -0.2) is 9.69 Å². The molecule has 1 fully saturated rings. The highest BCUT2D eigenvalue weighted by Gasteiger charge is 2.62. The lowest BCUT2D eigenvalue weighted by Gasteiger charge is -2.45. The van der Waals surface area contributed by atoms with Crippen LogP contribution in [0.4, 0.5) is 11.4 Å². The number of anilines is 2. The van der Waals surface area contributed by atoms with Gasteiger partial charge >= 0.3 is 5.97 Å². The van der Waals surface area contributed by atoms with Gasteiger partial charge < -0.3 is 19.5 Å². The van der Waals surface area contributed by atoms with Crippen LogP contribution < -0.4 is 19.7 Å². The van der Waals surface area contributed by atoms with E-state index in [2.05, 4.69) is 5.32 Å². The van der Waals surface area contributed by atoms with Crippen molar-refractivity contribution in [2.45, 2.75) is 11.8 Å². The molecule has 1 saturated heterocycles. The monoisotopic (exact) mass is 588 g/mol. The molecule has 4 aliphatic rings. The predicted octanol–water partition coefficient (Wildman–Crippen LogP) is 4.90. The molecule has 44 heavy (non-hydrogen) atoms. The van der Waals surface area contributed by atoms with Crippen molar-refractivity contribution in [2.24, 2.45) is 11.8 Å². The summed E-state index contributed by atoms with van der Waals surface area (Å²) in [6.07, 6.45) is 0. The quantitative estimate of drug-likeness (QED) is 0.242. The van der Waals surface area contributed by atoms with E-state index in [0.717, 1.165) is 27.2 Å². The summed E-state index contributed by atoms with van der Waals surface area (Å²) in [5.74, 6) is -2.90. The number of carbonyl (C=O) groups excluding carboxylic acids is 4. The number of nitrogens with zero attached hydrogens (tertiary/aromatic N) is 1. The molecule has 9 nitrogen and oxygen atoms in total. The average Bonchev–Trinajstić information content (AvgIpc) is 3.33. The molecule has 4 aromatic rings. The van der Waals surface area contributed by atoms with Gasteiger partial charge in [0.25, 0.3) is 5.91 Å². The topological polar surface area (TPSA) is 111 Å². The van der Waals surface area contributed by atoms with Crippen LogP contribution in [0.1, 0.15) is 44.4 Å². The Bertz CT molecular complexity index is 1740. The standard InChI is InChI=1S/C35H28N2O7/c1-42-19-15-16-25(27(17-19)43-2)36-28(38)18-44-35(41)24-13-7-8-14-26(24)37-33(39)31-29-20-9-3-4-10-21(20)30(32(31)34(37)40)23-12-6-5-11-22(23)29/h3-17,29-32H,18H2,1-2H3,(H,36,38)/t29?,30?,31-,32-/m0/s1. The maximum atomic E-state index is 14.2. The number of hydrogen-bond donors (Lipinski definition) is 1. The van der Waals surface area contributed by atoms with E-state index in [-0.39, 0.29) is 34.9 Å². The largest absolute Gasteiger partial charge is 0.497 e. The molecular formula is C35H28N2O7. The smallest absolute Gasteiger partial charge is 0.340 e. The first-order valence-electron chi connectivity index (χ1n) is 14.3. The zero-order valence-electron chi connectivity index (χ0n) is 24.0. The fourth-order valence-electron chi connectivity index (χ4n) is 7.05. The second-order valence-electron chi connectivity index (χ2n) is 11.0. The van der Waals surface area contributed by atoms with Crippen LogP contribution in [0.2, 0.25) is 0 Å². The van der Waals surface area contributed by atoms with Crippen LogP contribution in [0.3, 0.4) is 0 Å². The highest BCUT2D eigenvalue weighted by atomic mass is 16.5. The molecule has 2 atom stereocenters. The molecular weight excluding hydrogens is 560 g/mol. The number of methoxy groups -OCH3 is 2. The molecule has 3 aliphatic carbocycles. The van der Waals surface area contributed by atoms with Gasteiger partial charge in [-0.05, 0) is 46.5 Å². The number of benzene rings is 4. The van der Waals surface area contributed by atoms with E-state index in [4.69, 9.17) is 14.2 Å². The molecule has 0 saturated carbocycles. The van der Waals surface area contributed by atoms with Gasteiger partial charge in [-0.15, -0.1) is 0 Å². The van der Waals surface area contributed by atoms with Gasteiger partial charge in [0.2, 0.25) is 11.8 Å². The van der Waals surface area contributed by atoms with Gasteiger partial charge in [0.1, 0.15) is 11.5 Å². The third kappa shape index (κ3) is 4.15. The lowest BCUT2D eigenvalue weighted by molar-refractivity contribution is -0.122. The molecule has 1 heterocycles.